The van der Waals surface area contributed by atoms with Gasteiger partial charge in [-0.15, -0.1) is 0 Å². The summed E-state index contributed by atoms with van der Waals surface area (Å²) in [5, 5.41) is 10.2. The molecule has 4 nitrogen and oxygen atoms in total. The quantitative estimate of drug-likeness (QED) is 0.819. The molecule has 1 aliphatic heterocycles. The molecule has 1 saturated carbocycles. The number of aliphatic hydroxyl groups excluding tert-OH is 1. The topological polar surface area (TPSA) is 41.9 Å². The van der Waals surface area contributed by atoms with Crippen LogP contribution < -0.4 is 4.74 Å². The summed E-state index contributed by atoms with van der Waals surface area (Å²) in [6.45, 7) is 3.34. The van der Waals surface area contributed by atoms with Crippen molar-refractivity contribution in [3.63, 3.8) is 0 Å². The third-order valence-electron chi connectivity index (χ3n) is 5.09. The van der Waals surface area contributed by atoms with Crippen LogP contribution in [-0.2, 0) is 4.74 Å². The van der Waals surface area contributed by atoms with Crippen molar-refractivity contribution in [3.8, 4) is 5.75 Å². The Morgan fingerprint density at radius 2 is 1.70 bits per heavy atom. The van der Waals surface area contributed by atoms with Crippen molar-refractivity contribution in [1.29, 1.82) is 0 Å². The van der Waals surface area contributed by atoms with Crippen LogP contribution in [0.15, 0.2) is 30.3 Å². The van der Waals surface area contributed by atoms with Crippen molar-refractivity contribution < 1.29 is 14.6 Å². The first-order valence-corrected chi connectivity index (χ1v) is 9.04. The molecule has 1 saturated heterocycles. The average Bonchev–Trinajstić information content (AvgIpc) is 2.61. The molecule has 4 heteroatoms. The third kappa shape index (κ3) is 4.93. The van der Waals surface area contributed by atoms with Gasteiger partial charge in [0.1, 0.15) is 12.4 Å². The number of hydrogen-bond acceptors (Lipinski definition) is 4. The maximum absolute atomic E-state index is 10.2. The van der Waals surface area contributed by atoms with Gasteiger partial charge in [-0.3, -0.25) is 4.90 Å². The highest BCUT2D eigenvalue weighted by Gasteiger charge is 2.31. The monoisotopic (exact) mass is 319 g/mol. The summed E-state index contributed by atoms with van der Waals surface area (Å²) in [5.74, 6) is 0.900. The predicted octanol–water partition coefficient (Wildman–Crippen LogP) is 2.85. The van der Waals surface area contributed by atoms with Gasteiger partial charge in [0.05, 0.1) is 18.8 Å². The zero-order valence-corrected chi connectivity index (χ0v) is 13.9. The second kappa shape index (κ2) is 8.67. The van der Waals surface area contributed by atoms with E-state index in [9.17, 15) is 5.11 Å². The second-order valence-corrected chi connectivity index (χ2v) is 6.69. The Bertz CT molecular complexity index is 445. The molecule has 2 fully saturated rings. The van der Waals surface area contributed by atoms with Gasteiger partial charge in [0, 0.05) is 19.1 Å². The lowest BCUT2D eigenvalue weighted by molar-refractivity contribution is -0.0391. The van der Waals surface area contributed by atoms with E-state index in [1.807, 2.05) is 30.3 Å². The number of hydrogen-bond donors (Lipinski definition) is 1. The Morgan fingerprint density at radius 3 is 2.43 bits per heavy atom. The highest BCUT2D eigenvalue weighted by atomic mass is 16.5. The Balaban J connectivity index is 1.31. The molecule has 3 rings (SSSR count). The van der Waals surface area contributed by atoms with Gasteiger partial charge in [-0.1, -0.05) is 31.0 Å². The fourth-order valence-electron chi connectivity index (χ4n) is 3.78. The van der Waals surface area contributed by atoms with Gasteiger partial charge in [0.15, 0.2) is 0 Å². The van der Waals surface area contributed by atoms with E-state index in [2.05, 4.69) is 4.90 Å². The van der Waals surface area contributed by atoms with E-state index in [0.717, 1.165) is 44.5 Å². The Kier molecular flexibility index (Phi) is 6.31. The molecule has 1 N–H and O–H groups in total. The van der Waals surface area contributed by atoms with Gasteiger partial charge in [-0.2, -0.15) is 0 Å². The Morgan fingerprint density at radius 1 is 0.957 bits per heavy atom. The van der Waals surface area contributed by atoms with Crippen molar-refractivity contribution >= 4 is 0 Å². The summed E-state index contributed by atoms with van der Waals surface area (Å²) >= 11 is 0. The van der Waals surface area contributed by atoms with Gasteiger partial charge < -0.3 is 14.6 Å². The van der Waals surface area contributed by atoms with Crippen LogP contribution in [0.3, 0.4) is 0 Å². The van der Waals surface area contributed by atoms with Crippen LogP contribution >= 0.6 is 0 Å². The number of benzene rings is 1. The molecule has 1 aromatic rings. The third-order valence-corrected chi connectivity index (χ3v) is 5.09. The van der Waals surface area contributed by atoms with Crippen LogP contribution in [0.2, 0.25) is 0 Å². The highest BCUT2D eigenvalue weighted by Crippen LogP contribution is 2.26. The van der Waals surface area contributed by atoms with Crippen molar-refractivity contribution in [2.45, 2.75) is 56.8 Å². The molecule has 0 radical (unpaired) electrons. The lowest BCUT2D eigenvalue weighted by atomic mass is 9.90. The fourth-order valence-corrected chi connectivity index (χ4v) is 3.78. The normalized spacial score (nSPS) is 27.0. The maximum Gasteiger partial charge on any atom is 0.119 e. The van der Waals surface area contributed by atoms with E-state index in [0.29, 0.717) is 25.4 Å². The molecule has 0 spiro atoms. The zero-order valence-electron chi connectivity index (χ0n) is 13.9. The summed E-state index contributed by atoms with van der Waals surface area (Å²) in [4.78, 5) is 2.48. The molecule has 23 heavy (non-hydrogen) atoms. The summed E-state index contributed by atoms with van der Waals surface area (Å²) in [7, 11) is 0. The molecule has 128 valence electrons. The second-order valence-electron chi connectivity index (χ2n) is 6.69. The molecule has 0 aromatic heterocycles. The van der Waals surface area contributed by atoms with Gasteiger partial charge in [-0.05, 0) is 37.8 Å². The standard InChI is InChI=1S/C19H29NO3/c21-19-9-5-4-8-18(19)20-12-10-17(11-13-20)23-15-14-22-16-6-2-1-3-7-16/h1-3,6-7,17-19,21H,4-5,8-15H2/t18-,19+/m1/s1. The number of likely N-dealkylation sites (tertiary alicyclic amines) is 1. The average molecular weight is 319 g/mol. The minimum atomic E-state index is -0.125. The Hall–Kier alpha value is -1.10. The van der Waals surface area contributed by atoms with E-state index < -0.39 is 0 Å². The lowest BCUT2D eigenvalue weighted by Crippen LogP contribution is -2.49. The van der Waals surface area contributed by atoms with Crippen LogP contribution in [0.4, 0.5) is 0 Å². The van der Waals surface area contributed by atoms with E-state index in [1.54, 1.807) is 0 Å². The first-order chi connectivity index (χ1) is 11.3. The zero-order chi connectivity index (χ0) is 15.9. The summed E-state index contributed by atoms with van der Waals surface area (Å²) < 4.78 is 11.6. The number of piperidine rings is 1. The highest BCUT2D eigenvalue weighted by molar-refractivity contribution is 5.20. The van der Waals surface area contributed by atoms with Gasteiger partial charge >= 0.3 is 0 Å². The van der Waals surface area contributed by atoms with E-state index in [-0.39, 0.29) is 6.10 Å². The lowest BCUT2D eigenvalue weighted by Gasteiger charge is -2.41. The van der Waals surface area contributed by atoms with Crippen molar-refractivity contribution in [2.24, 2.45) is 0 Å². The van der Waals surface area contributed by atoms with Gasteiger partial charge in [0.2, 0.25) is 0 Å². The van der Waals surface area contributed by atoms with Crippen molar-refractivity contribution in [3.05, 3.63) is 30.3 Å². The molecule has 0 unspecified atom stereocenters. The smallest absolute Gasteiger partial charge is 0.119 e. The molecule has 0 bridgehead atoms. The molecule has 2 atom stereocenters. The number of ether oxygens (including phenoxy) is 2. The van der Waals surface area contributed by atoms with Crippen LogP contribution in [-0.4, -0.2) is 54.6 Å². The predicted molar refractivity (Wildman–Crippen MR) is 90.7 cm³/mol. The van der Waals surface area contributed by atoms with Crippen LogP contribution in [0.25, 0.3) is 0 Å². The van der Waals surface area contributed by atoms with E-state index >= 15 is 0 Å². The van der Waals surface area contributed by atoms with E-state index in [1.165, 1.54) is 12.8 Å². The molecule has 1 aliphatic carbocycles. The van der Waals surface area contributed by atoms with Crippen molar-refractivity contribution in [1.82, 2.24) is 4.90 Å². The molecular weight excluding hydrogens is 290 g/mol. The van der Waals surface area contributed by atoms with Crippen LogP contribution in [0, 0.1) is 0 Å². The summed E-state index contributed by atoms with van der Waals surface area (Å²) in [6.07, 6.45) is 6.90. The molecule has 1 heterocycles. The van der Waals surface area contributed by atoms with Gasteiger partial charge in [0.25, 0.3) is 0 Å². The molecule has 1 aromatic carbocycles. The van der Waals surface area contributed by atoms with Gasteiger partial charge in [-0.25, -0.2) is 0 Å². The van der Waals surface area contributed by atoms with Crippen LogP contribution in [0.5, 0.6) is 5.75 Å². The van der Waals surface area contributed by atoms with Crippen LogP contribution in [0.1, 0.15) is 38.5 Å². The SMILES string of the molecule is O[C@H]1CCCC[C@H]1N1CCC(OCCOc2ccccc2)CC1. The summed E-state index contributed by atoms with van der Waals surface area (Å²) in [6, 6.07) is 10.3. The number of para-hydroxylation sites is 1. The molecule has 2 aliphatic rings. The number of aliphatic hydroxyl groups is 1. The first kappa shape index (κ1) is 16.7. The maximum atomic E-state index is 10.2. The number of nitrogens with zero attached hydrogens (tertiary/aromatic N) is 1. The molecule has 0 amide bonds. The minimum absolute atomic E-state index is 0.125. The van der Waals surface area contributed by atoms with Crippen molar-refractivity contribution in [2.75, 3.05) is 26.3 Å². The minimum Gasteiger partial charge on any atom is -0.491 e. The number of rotatable bonds is 6. The largest absolute Gasteiger partial charge is 0.491 e. The molecular formula is C19H29NO3. The first-order valence-electron chi connectivity index (χ1n) is 9.04. The van der Waals surface area contributed by atoms with E-state index in [4.69, 9.17) is 9.47 Å². The summed E-state index contributed by atoms with van der Waals surface area (Å²) in [5.41, 5.74) is 0. The Labute approximate surface area is 139 Å². The fraction of sp³-hybridized carbons (Fsp3) is 0.684.